The van der Waals surface area contributed by atoms with Gasteiger partial charge in [0.25, 0.3) is 0 Å². The zero-order chi connectivity index (χ0) is 13.7. The lowest BCUT2D eigenvalue weighted by atomic mass is 9.92. The molecule has 1 atom stereocenters. The van der Waals surface area contributed by atoms with Crippen LogP contribution in [0.1, 0.15) is 17.0 Å². The van der Waals surface area contributed by atoms with Crippen molar-refractivity contribution in [2.24, 2.45) is 5.73 Å². The van der Waals surface area contributed by atoms with E-state index in [1.54, 1.807) is 7.11 Å². The predicted molar refractivity (Wildman–Crippen MR) is 79.9 cm³/mol. The second-order valence-corrected chi connectivity index (χ2v) is 4.98. The summed E-state index contributed by atoms with van der Waals surface area (Å²) in [5.74, 6) is 1.14. The molecule has 0 fully saturated rings. The molecule has 0 saturated carbocycles. The maximum Gasteiger partial charge on any atom is 0.119 e. The Balaban J connectivity index is 2.18. The number of methoxy groups -OCH3 is 1. The van der Waals surface area contributed by atoms with Crippen LogP contribution in [0.5, 0.6) is 5.75 Å². The van der Waals surface area contributed by atoms with E-state index in [1.807, 2.05) is 36.4 Å². The van der Waals surface area contributed by atoms with Crippen LogP contribution in [0.4, 0.5) is 0 Å². The topological polar surface area (TPSA) is 35.2 Å². The second kappa shape index (κ2) is 6.60. The van der Waals surface area contributed by atoms with Crippen molar-refractivity contribution in [3.63, 3.8) is 0 Å². The van der Waals surface area contributed by atoms with E-state index in [9.17, 15) is 0 Å². The van der Waals surface area contributed by atoms with Crippen LogP contribution in [-0.4, -0.2) is 13.7 Å². The van der Waals surface area contributed by atoms with Gasteiger partial charge in [-0.05, 0) is 48.4 Å². The molecule has 0 aliphatic carbocycles. The van der Waals surface area contributed by atoms with Crippen LogP contribution < -0.4 is 10.5 Å². The van der Waals surface area contributed by atoms with Crippen LogP contribution in [0.15, 0.2) is 48.5 Å². The highest BCUT2D eigenvalue weighted by atomic mass is 35.5. The Morgan fingerprint density at radius 1 is 1.16 bits per heavy atom. The summed E-state index contributed by atoms with van der Waals surface area (Å²) < 4.78 is 5.24. The first-order valence-corrected chi connectivity index (χ1v) is 6.69. The average Bonchev–Trinajstić information content (AvgIpc) is 2.45. The molecule has 19 heavy (non-hydrogen) atoms. The lowest BCUT2D eigenvalue weighted by molar-refractivity contribution is 0.414. The van der Waals surface area contributed by atoms with Gasteiger partial charge < -0.3 is 10.5 Å². The van der Waals surface area contributed by atoms with Crippen molar-refractivity contribution in [2.75, 3.05) is 13.7 Å². The van der Waals surface area contributed by atoms with Gasteiger partial charge in [-0.25, -0.2) is 0 Å². The molecule has 100 valence electrons. The van der Waals surface area contributed by atoms with E-state index in [0.29, 0.717) is 6.54 Å². The summed E-state index contributed by atoms with van der Waals surface area (Å²) >= 11 is 6.04. The van der Waals surface area contributed by atoms with Crippen molar-refractivity contribution >= 4 is 11.6 Å². The van der Waals surface area contributed by atoms with Crippen LogP contribution >= 0.6 is 11.6 Å². The quantitative estimate of drug-likeness (QED) is 0.904. The van der Waals surface area contributed by atoms with Gasteiger partial charge in [-0.15, -0.1) is 0 Å². The van der Waals surface area contributed by atoms with Gasteiger partial charge in [0.1, 0.15) is 5.75 Å². The number of hydrogen-bond donors (Lipinski definition) is 1. The van der Waals surface area contributed by atoms with Gasteiger partial charge in [-0.3, -0.25) is 0 Å². The van der Waals surface area contributed by atoms with Gasteiger partial charge in [0.05, 0.1) is 7.11 Å². The highest BCUT2D eigenvalue weighted by Crippen LogP contribution is 2.24. The molecule has 3 heteroatoms. The summed E-state index contributed by atoms with van der Waals surface area (Å²) in [5, 5.41) is 0.751. The minimum atomic E-state index is 0.269. The Bertz CT molecular complexity index is 542. The molecule has 0 heterocycles. The highest BCUT2D eigenvalue weighted by molar-refractivity contribution is 6.30. The largest absolute Gasteiger partial charge is 0.497 e. The van der Waals surface area contributed by atoms with Crippen LogP contribution in [0.25, 0.3) is 0 Å². The normalized spacial score (nSPS) is 12.2. The number of nitrogens with two attached hydrogens (primary N) is 1. The summed E-state index contributed by atoms with van der Waals surface area (Å²) in [7, 11) is 1.68. The maximum absolute atomic E-state index is 6.04. The van der Waals surface area contributed by atoms with E-state index in [1.165, 1.54) is 11.1 Å². The Labute approximate surface area is 119 Å². The third-order valence-electron chi connectivity index (χ3n) is 3.22. The molecule has 0 aliphatic rings. The number of halogens is 1. The van der Waals surface area contributed by atoms with Gasteiger partial charge in [0.15, 0.2) is 0 Å². The van der Waals surface area contributed by atoms with Crippen molar-refractivity contribution in [2.45, 2.75) is 12.3 Å². The molecule has 0 radical (unpaired) electrons. The summed E-state index contributed by atoms with van der Waals surface area (Å²) in [4.78, 5) is 0. The third-order valence-corrected chi connectivity index (χ3v) is 3.46. The average molecular weight is 276 g/mol. The lowest BCUT2D eigenvalue weighted by Crippen LogP contribution is -2.15. The molecule has 0 aromatic heterocycles. The molecule has 0 aliphatic heterocycles. The van der Waals surface area contributed by atoms with E-state index in [2.05, 4.69) is 12.1 Å². The first kappa shape index (κ1) is 13.9. The summed E-state index contributed by atoms with van der Waals surface area (Å²) in [6, 6.07) is 16.0. The molecule has 0 bridgehead atoms. The van der Waals surface area contributed by atoms with E-state index >= 15 is 0 Å². The van der Waals surface area contributed by atoms with E-state index < -0.39 is 0 Å². The van der Waals surface area contributed by atoms with Gasteiger partial charge in [-0.2, -0.15) is 0 Å². The first-order valence-electron chi connectivity index (χ1n) is 6.31. The summed E-state index contributed by atoms with van der Waals surface area (Å²) in [6.45, 7) is 0.595. The standard InChI is InChI=1S/C16H18ClNO/c1-19-16-7-2-4-12(9-16)8-14(11-18)13-5-3-6-15(17)10-13/h2-7,9-10,14H,8,11,18H2,1H3. The lowest BCUT2D eigenvalue weighted by Gasteiger charge is -2.16. The third kappa shape index (κ3) is 3.72. The zero-order valence-corrected chi connectivity index (χ0v) is 11.7. The summed E-state index contributed by atoms with van der Waals surface area (Å²) in [6.07, 6.45) is 0.883. The van der Waals surface area contributed by atoms with Crippen molar-refractivity contribution in [3.8, 4) is 5.75 Å². The van der Waals surface area contributed by atoms with Crippen molar-refractivity contribution in [3.05, 3.63) is 64.7 Å². The Morgan fingerprint density at radius 2 is 1.95 bits per heavy atom. The number of rotatable bonds is 5. The Morgan fingerprint density at radius 3 is 2.63 bits per heavy atom. The van der Waals surface area contributed by atoms with Crippen LogP contribution in [-0.2, 0) is 6.42 Å². The zero-order valence-electron chi connectivity index (χ0n) is 11.0. The minimum Gasteiger partial charge on any atom is -0.497 e. The Hall–Kier alpha value is -1.51. The van der Waals surface area contributed by atoms with Crippen molar-refractivity contribution in [1.82, 2.24) is 0 Å². The van der Waals surface area contributed by atoms with Gasteiger partial charge >= 0.3 is 0 Å². The molecule has 0 amide bonds. The van der Waals surface area contributed by atoms with Crippen molar-refractivity contribution in [1.29, 1.82) is 0 Å². The maximum atomic E-state index is 6.04. The number of hydrogen-bond acceptors (Lipinski definition) is 2. The molecule has 0 saturated heterocycles. The molecule has 0 spiro atoms. The molecule has 2 aromatic rings. The number of benzene rings is 2. The fourth-order valence-electron chi connectivity index (χ4n) is 2.18. The first-order chi connectivity index (χ1) is 9.22. The molecule has 2 rings (SSSR count). The van der Waals surface area contributed by atoms with Crippen molar-refractivity contribution < 1.29 is 4.74 Å². The second-order valence-electron chi connectivity index (χ2n) is 4.54. The minimum absolute atomic E-state index is 0.269. The van der Waals surface area contributed by atoms with Gasteiger partial charge in [0.2, 0.25) is 0 Å². The van der Waals surface area contributed by atoms with Gasteiger partial charge in [0, 0.05) is 10.9 Å². The van der Waals surface area contributed by atoms with E-state index in [0.717, 1.165) is 17.2 Å². The molecule has 2 nitrogen and oxygen atoms in total. The van der Waals surface area contributed by atoms with Crippen LogP contribution in [0.3, 0.4) is 0 Å². The van der Waals surface area contributed by atoms with Gasteiger partial charge in [-0.1, -0.05) is 35.9 Å². The predicted octanol–water partition coefficient (Wildman–Crippen LogP) is 3.63. The van der Waals surface area contributed by atoms with Crippen LogP contribution in [0, 0.1) is 0 Å². The monoisotopic (exact) mass is 275 g/mol. The number of ether oxygens (including phenoxy) is 1. The summed E-state index contributed by atoms with van der Waals surface area (Å²) in [5.41, 5.74) is 8.29. The molecule has 1 unspecified atom stereocenters. The molecule has 2 N–H and O–H groups in total. The SMILES string of the molecule is COc1cccc(CC(CN)c2cccc(Cl)c2)c1. The molecular weight excluding hydrogens is 258 g/mol. The highest BCUT2D eigenvalue weighted by Gasteiger charge is 2.11. The molecular formula is C16H18ClNO. The van der Waals surface area contributed by atoms with E-state index in [-0.39, 0.29) is 5.92 Å². The smallest absolute Gasteiger partial charge is 0.119 e. The van der Waals surface area contributed by atoms with Crippen LogP contribution in [0.2, 0.25) is 5.02 Å². The fourth-order valence-corrected chi connectivity index (χ4v) is 2.38. The molecule has 2 aromatic carbocycles. The van der Waals surface area contributed by atoms with E-state index in [4.69, 9.17) is 22.1 Å². The fraction of sp³-hybridized carbons (Fsp3) is 0.250. The Kier molecular flexibility index (Phi) is 4.83.